The highest BCUT2D eigenvalue weighted by Crippen LogP contribution is 2.21. The molecule has 1 aromatic rings. The molecule has 2 rings (SSSR count). The van der Waals surface area contributed by atoms with Crippen molar-refractivity contribution in [3.8, 4) is 6.07 Å². The maximum atomic E-state index is 12.0. The molecule has 0 bridgehead atoms. The molecular formula is C14H20N3OS+. The number of carbonyl (C=O) groups is 1. The van der Waals surface area contributed by atoms with Crippen LogP contribution in [0.15, 0.2) is 11.4 Å². The SMILES string of the molecule is C[C@@H]1C[C@H](C)C[NH+](CC(=O)Nc2sccc2C#N)C1. The second kappa shape index (κ2) is 6.18. The van der Waals surface area contributed by atoms with E-state index in [0.717, 1.165) is 13.1 Å². The third-order valence-corrected chi connectivity index (χ3v) is 4.36. The van der Waals surface area contributed by atoms with Gasteiger partial charge in [0.2, 0.25) is 0 Å². The average Bonchev–Trinajstić information content (AvgIpc) is 2.74. The van der Waals surface area contributed by atoms with Crippen molar-refractivity contribution in [2.24, 2.45) is 11.8 Å². The molecule has 5 heteroatoms. The number of thiophene rings is 1. The molecule has 1 aliphatic heterocycles. The maximum absolute atomic E-state index is 12.0. The topological polar surface area (TPSA) is 57.3 Å². The van der Waals surface area contributed by atoms with Crippen LogP contribution in [0.25, 0.3) is 0 Å². The normalized spacial score (nSPS) is 26.7. The maximum Gasteiger partial charge on any atom is 0.280 e. The number of nitrogens with one attached hydrogen (secondary N) is 2. The molecule has 0 spiro atoms. The third-order valence-electron chi connectivity index (χ3n) is 3.53. The number of carbonyl (C=O) groups excluding carboxylic acids is 1. The van der Waals surface area contributed by atoms with Crippen LogP contribution in [0, 0.1) is 23.2 Å². The summed E-state index contributed by atoms with van der Waals surface area (Å²) in [6, 6.07) is 3.82. The van der Waals surface area contributed by atoms with Crippen molar-refractivity contribution in [3.63, 3.8) is 0 Å². The molecule has 0 saturated carbocycles. The van der Waals surface area contributed by atoms with E-state index in [4.69, 9.17) is 5.26 Å². The van der Waals surface area contributed by atoms with E-state index in [1.165, 1.54) is 22.7 Å². The standard InChI is InChI=1S/C14H19N3OS/c1-10-5-11(2)8-17(7-10)9-13(18)16-14-12(6-15)3-4-19-14/h3-4,10-11H,5,7-9H2,1-2H3,(H,16,18)/p+1/t10-,11+. The highest BCUT2D eigenvalue weighted by molar-refractivity contribution is 7.14. The number of rotatable bonds is 3. The number of amides is 1. The Morgan fingerprint density at radius 3 is 2.84 bits per heavy atom. The van der Waals surface area contributed by atoms with Gasteiger partial charge in [-0.15, -0.1) is 11.3 Å². The Labute approximate surface area is 118 Å². The lowest BCUT2D eigenvalue weighted by atomic mass is 9.92. The summed E-state index contributed by atoms with van der Waals surface area (Å²) in [5, 5.41) is 14.3. The van der Waals surface area contributed by atoms with E-state index < -0.39 is 0 Å². The summed E-state index contributed by atoms with van der Waals surface area (Å²) < 4.78 is 0. The Bertz CT molecular complexity index is 481. The first kappa shape index (κ1) is 14.0. The molecule has 3 atom stereocenters. The molecule has 1 unspecified atom stereocenters. The Hall–Kier alpha value is -1.38. The number of anilines is 1. The minimum Gasteiger partial charge on any atom is -0.327 e. The fraction of sp³-hybridized carbons (Fsp3) is 0.571. The fourth-order valence-electron chi connectivity index (χ4n) is 2.96. The van der Waals surface area contributed by atoms with Gasteiger partial charge in [-0.1, -0.05) is 13.8 Å². The molecule has 1 saturated heterocycles. The van der Waals surface area contributed by atoms with Crippen molar-refractivity contribution in [1.82, 2.24) is 0 Å². The largest absolute Gasteiger partial charge is 0.327 e. The fourth-order valence-corrected chi connectivity index (χ4v) is 3.71. The molecule has 1 aliphatic rings. The molecular weight excluding hydrogens is 258 g/mol. The Kier molecular flexibility index (Phi) is 4.56. The predicted molar refractivity (Wildman–Crippen MR) is 76.2 cm³/mol. The van der Waals surface area contributed by atoms with Crippen LogP contribution in [-0.2, 0) is 4.79 Å². The first-order chi connectivity index (χ1) is 9.08. The lowest BCUT2D eigenvalue weighted by molar-refractivity contribution is -0.904. The first-order valence-electron chi connectivity index (χ1n) is 6.69. The van der Waals surface area contributed by atoms with Crippen LogP contribution in [0.4, 0.5) is 5.00 Å². The molecule has 1 fully saturated rings. The van der Waals surface area contributed by atoms with Gasteiger partial charge in [-0.3, -0.25) is 4.79 Å². The van der Waals surface area contributed by atoms with Crippen LogP contribution in [0.5, 0.6) is 0 Å². The zero-order valence-electron chi connectivity index (χ0n) is 11.4. The summed E-state index contributed by atoms with van der Waals surface area (Å²) in [7, 11) is 0. The lowest BCUT2D eigenvalue weighted by Gasteiger charge is -2.31. The minimum atomic E-state index is 0.00949. The van der Waals surface area contributed by atoms with Gasteiger partial charge in [-0.2, -0.15) is 5.26 Å². The van der Waals surface area contributed by atoms with E-state index in [9.17, 15) is 4.79 Å². The Morgan fingerprint density at radius 2 is 2.21 bits per heavy atom. The van der Waals surface area contributed by atoms with Crippen molar-refractivity contribution >= 4 is 22.2 Å². The highest BCUT2D eigenvalue weighted by atomic mass is 32.1. The first-order valence-corrected chi connectivity index (χ1v) is 7.57. The van der Waals surface area contributed by atoms with Crippen molar-refractivity contribution in [2.75, 3.05) is 25.0 Å². The van der Waals surface area contributed by atoms with Crippen LogP contribution in [0.1, 0.15) is 25.8 Å². The summed E-state index contributed by atoms with van der Waals surface area (Å²) in [5.41, 5.74) is 0.550. The number of quaternary nitrogens is 1. The molecule has 19 heavy (non-hydrogen) atoms. The molecule has 4 nitrogen and oxygen atoms in total. The summed E-state index contributed by atoms with van der Waals surface area (Å²) in [4.78, 5) is 13.4. The van der Waals surface area contributed by atoms with Crippen LogP contribution in [0.3, 0.4) is 0 Å². The van der Waals surface area contributed by atoms with Crippen LogP contribution in [0.2, 0.25) is 0 Å². The zero-order chi connectivity index (χ0) is 13.8. The number of nitriles is 1. The number of piperidine rings is 1. The highest BCUT2D eigenvalue weighted by Gasteiger charge is 2.26. The van der Waals surface area contributed by atoms with Gasteiger partial charge in [-0.05, 0) is 17.9 Å². The van der Waals surface area contributed by atoms with Gasteiger partial charge in [0.1, 0.15) is 11.1 Å². The van der Waals surface area contributed by atoms with E-state index in [-0.39, 0.29) is 5.91 Å². The van der Waals surface area contributed by atoms with Crippen LogP contribution < -0.4 is 10.2 Å². The number of hydrogen-bond donors (Lipinski definition) is 2. The smallest absolute Gasteiger partial charge is 0.280 e. The van der Waals surface area contributed by atoms with Gasteiger partial charge < -0.3 is 10.2 Å². The summed E-state index contributed by atoms with van der Waals surface area (Å²) in [6.45, 7) is 7.12. The molecule has 1 amide bonds. The molecule has 2 N–H and O–H groups in total. The van der Waals surface area contributed by atoms with E-state index in [2.05, 4.69) is 25.2 Å². The molecule has 1 aromatic heterocycles. The number of likely N-dealkylation sites (tertiary alicyclic amines) is 1. The second-order valence-corrected chi connectivity index (χ2v) is 6.52. The molecule has 0 aliphatic carbocycles. The summed E-state index contributed by atoms with van der Waals surface area (Å²) in [6.07, 6.45) is 1.26. The number of hydrogen-bond acceptors (Lipinski definition) is 3. The summed E-state index contributed by atoms with van der Waals surface area (Å²) in [5.74, 6) is 1.38. The van der Waals surface area contributed by atoms with Crippen molar-refractivity contribution in [2.45, 2.75) is 20.3 Å². The number of nitrogens with zero attached hydrogens (tertiary/aromatic N) is 1. The van der Waals surface area contributed by atoms with Gasteiger partial charge in [-0.25, -0.2) is 0 Å². The monoisotopic (exact) mass is 278 g/mol. The average molecular weight is 278 g/mol. The molecule has 102 valence electrons. The van der Waals surface area contributed by atoms with Gasteiger partial charge >= 0.3 is 0 Å². The molecule has 0 radical (unpaired) electrons. The van der Waals surface area contributed by atoms with Crippen LogP contribution in [-0.4, -0.2) is 25.5 Å². The van der Waals surface area contributed by atoms with Gasteiger partial charge in [0.05, 0.1) is 18.7 Å². The second-order valence-electron chi connectivity index (χ2n) is 5.60. The zero-order valence-corrected chi connectivity index (χ0v) is 12.2. The Balaban J connectivity index is 1.89. The van der Waals surface area contributed by atoms with Gasteiger partial charge in [0, 0.05) is 11.8 Å². The van der Waals surface area contributed by atoms with Gasteiger partial charge in [0.15, 0.2) is 6.54 Å². The van der Waals surface area contributed by atoms with E-state index in [0.29, 0.717) is 28.9 Å². The van der Waals surface area contributed by atoms with E-state index in [1.54, 1.807) is 6.07 Å². The van der Waals surface area contributed by atoms with Crippen molar-refractivity contribution in [3.05, 3.63) is 17.0 Å². The Morgan fingerprint density at radius 1 is 1.53 bits per heavy atom. The lowest BCUT2D eigenvalue weighted by Crippen LogP contribution is -3.15. The summed E-state index contributed by atoms with van der Waals surface area (Å²) >= 11 is 1.40. The van der Waals surface area contributed by atoms with Gasteiger partial charge in [0.25, 0.3) is 5.91 Å². The van der Waals surface area contributed by atoms with Crippen LogP contribution >= 0.6 is 11.3 Å². The van der Waals surface area contributed by atoms with Crippen molar-refractivity contribution < 1.29 is 9.69 Å². The quantitative estimate of drug-likeness (QED) is 0.870. The van der Waals surface area contributed by atoms with E-state index in [1.807, 2.05) is 5.38 Å². The predicted octanol–water partition coefficient (Wildman–Crippen LogP) is 1.12. The minimum absolute atomic E-state index is 0.00949. The molecule has 0 aromatic carbocycles. The molecule has 2 heterocycles. The van der Waals surface area contributed by atoms with Crippen molar-refractivity contribution in [1.29, 1.82) is 5.26 Å². The van der Waals surface area contributed by atoms with E-state index >= 15 is 0 Å². The third kappa shape index (κ3) is 3.79.